The minimum atomic E-state index is 0.0245. The smallest absolute Gasteiger partial charge is 0.158 e. The van der Waals surface area contributed by atoms with Gasteiger partial charge in [-0.3, -0.25) is 10.4 Å². The van der Waals surface area contributed by atoms with Crippen LogP contribution in [0.2, 0.25) is 0 Å². The van der Waals surface area contributed by atoms with Gasteiger partial charge in [-0.25, -0.2) is 9.97 Å². The maximum absolute atomic E-state index is 9.04. The minimum absolute atomic E-state index is 0.0245. The topological polar surface area (TPSA) is 82.8 Å². The number of aliphatic hydroxyl groups is 1. The molecule has 0 bridgehead atoms. The highest BCUT2D eigenvalue weighted by Gasteiger charge is 2.04. The highest BCUT2D eigenvalue weighted by molar-refractivity contribution is 5.88. The zero-order valence-corrected chi connectivity index (χ0v) is 13.6. The first-order valence-corrected chi connectivity index (χ1v) is 7.29. The van der Waals surface area contributed by atoms with E-state index in [0.717, 1.165) is 22.4 Å². The lowest BCUT2D eigenvalue weighted by Crippen LogP contribution is -2.02. The number of nitrogens with one attached hydrogen (secondary N) is 1. The number of allylic oxidation sites excluding steroid dienone is 1. The van der Waals surface area contributed by atoms with Gasteiger partial charge in [0.2, 0.25) is 0 Å². The summed E-state index contributed by atoms with van der Waals surface area (Å²) in [4.78, 5) is 12.3. The van der Waals surface area contributed by atoms with Gasteiger partial charge in [-0.05, 0) is 24.1 Å². The Morgan fingerprint density at radius 3 is 2.54 bits per heavy atom. The molecule has 2 N–H and O–H groups in total. The summed E-state index contributed by atoms with van der Waals surface area (Å²) in [5.41, 5.74) is 6.44. The molecular weight excluding hydrogens is 302 g/mol. The van der Waals surface area contributed by atoms with Gasteiger partial charge in [0.05, 0.1) is 17.5 Å². The number of rotatable bonds is 6. The maximum atomic E-state index is 9.04. The number of aromatic nitrogens is 2. The van der Waals surface area contributed by atoms with E-state index >= 15 is 0 Å². The van der Waals surface area contributed by atoms with Gasteiger partial charge >= 0.3 is 0 Å². The summed E-state index contributed by atoms with van der Waals surface area (Å²) in [5, 5.41) is 13.2. The van der Waals surface area contributed by atoms with Crippen LogP contribution < -0.4 is 5.43 Å². The van der Waals surface area contributed by atoms with Crippen LogP contribution in [0.3, 0.4) is 0 Å². The second kappa shape index (κ2) is 8.38. The molecule has 0 aliphatic rings. The van der Waals surface area contributed by atoms with Gasteiger partial charge in [0, 0.05) is 13.3 Å². The number of hydrazone groups is 1. The first-order chi connectivity index (χ1) is 11.6. The predicted octanol–water partition coefficient (Wildman–Crippen LogP) is 3.36. The molecule has 0 radical (unpaired) electrons. The quantitative estimate of drug-likeness (QED) is 0.370. The van der Waals surface area contributed by atoms with Crippen LogP contribution in [0.5, 0.6) is 0 Å². The van der Waals surface area contributed by atoms with Crippen molar-refractivity contribution in [2.75, 3.05) is 12.5 Å². The minimum Gasteiger partial charge on any atom is -0.509 e. The van der Waals surface area contributed by atoms with Crippen LogP contribution in [0.1, 0.15) is 22.4 Å². The average Bonchev–Trinajstić information content (AvgIpc) is 2.57. The van der Waals surface area contributed by atoms with E-state index < -0.39 is 0 Å². The second-order valence-corrected chi connectivity index (χ2v) is 4.97. The Labute approximate surface area is 141 Å². The van der Waals surface area contributed by atoms with Crippen LogP contribution in [-0.2, 0) is 0 Å². The van der Waals surface area contributed by atoms with E-state index in [-0.39, 0.29) is 5.76 Å². The summed E-state index contributed by atoms with van der Waals surface area (Å²) in [6.45, 7) is 5.29. The van der Waals surface area contributed by atoms with Crippen molar-refractivity contribution in [3.8, 4) is 0 Å². The van der Waals surface area contributed by atoms with Crippen LogP contribution in [-0.4, -0.2) is 34.6 Å². The summed E-state index contributed by atoms with van der Waals surface area (Å²) in [7, 11) is 1.70. The molecule has 0 saturated carbocycles. The Hall–Kier alpha value is -3.28. The molecule has 1 aromatic heterocycles. The molecule has 0 aliphatic carbocycles. The molecule has 0 atom stereocenters. The monoisotopic (exact) mass is 321 g/mol. The third kappa shape index (κ3) is 4.88. The Balaban J connectivity index is 2.07. The van der Waals surface area contributed by atoms with Crippen molar-refractivity contribution >= 4 is 24.3 Å². The zero-order valence-electron chi connectivity index (χ0n) is 13.6. The molecule has 122 valence electrons. The van der Waals surface area contributed by atoms with Crippen molar-refractivity contribution in [1.29, 1.82) is 0 Å². The van der Waals surface area contributed by atoms with Gasteiger partial charge in [0.1, 0.15) is 12.1 Å². The number of hydrogen-bond acceptors (Lipinski definition) is 6. The van der Waals surface area contributed by atoms with E-state index in [9.17, 15) is 0 Å². The third-order valence-electron chi connectivity index (χ3n) is 3.13. The molecule has 2 aromatic rings. The molecule has 2 rings (SSSR count). The molecule has 0 unspecified atom stereocenters. The fraction of sp³-hybridized carbons (Fsp3) is 0.111. The lowest BCUT2D eigenvalue weighted by molar-refractivity contribution is 0.436. The lowest BCUT2D eigenvalue weighted by Gasteiger charge is -2.05. The van der Waals surface area contributed by atoms with Crippen LogP contribution in [0, 0.1) is 6.92 Å². The van der Waals surface area contributed by atoms with E-state index in [2.05, 4.69) is 32.1 Å². The fourth-order valence-electron chi connectivity index (χ4n) is 1.91. The first-order valence-electron chi connectivity index (χ1n) is 7.29. The van der Waals surface area contributed by atoms with Crippen LogP contribution in [0.15, 0.2) is 59.1 Å². The summed E-state index contributed by atoms with van der Waals surface area (Å²) in [5.74, 6) is 0.627. The van der Waals surface area contributed by atoms with E-state index in [1.807, 2.05) is 31.2 Å². The van der Waals surface area contributed by atoms with Crippen LogP contribution >= 0.6 is 0 Å². The number of aliphatic hydroxyl groups excluding tert-OH is 1. The number of benzene rings is 1. The van der Waals surface area contributed by atoms with Crippen LogP contribution in [0.4, 0.5) is 5.82 Å². The molecule has 0 fully saturated rings. The van der Waals surface area contributed by atoms with Crippen molar-refractivity contribution in [1.82, 2.24) is 9.97 Å². The van der Waals surface area contributed by atoms with Gasteiger partial charge in [-0.2, -0.15) is 5.10 Å². The molecule has 0 aliphatic heterocycles. The van der Waals surface area contributed by atoms with Gasteiger partial charge in [0.15, 0.2) is 5.82 Å². The zero-order chi connectivity index (χ0) is 17.4. The standard InChI is InChI=1S/C18H19N5O/c1-13(24)4-5-15-6-8-16(9-7-15)10-22-23-18-17(11-19-3)14(2)20-12-21-18/h4-12,24H,1H2,2-3H3,(H,20,21,23)/b5-4+,19-11?,22-10+. The summed E-state index contributed by atoms with van der Waals surface area (Å²) in [6.07, 6.45) is 8.20. The molecule has 6 nitrogen and oxygen atoms in total. The molecular formula is C18H19N5O. The second-order valence-electron chi connectivity index (χ2n) is 4.97. The number of anilines is 1. The van der Waals surface area contributed by atoms with Crippen LogP contribution in [0.25, 0.3) is 6.08 Å². The lowest BCUT2D eigenvalue weighted by atomic mass is 10.1. The number of aliphatic imine (C=N–C) groups is 1. The van der Waals surface area contributed by atoms with Crippen molar-refractivity contribution in [2.45, 2.75) is 6.92 Å². The summed E-state index contributed by atoms with van der Waals surface area (Å²) >= 11 is 0. The van der Waals surface area contributed by atoms with Crippen molar-refractivity contribution in [3.05, 3.63) is 71.4 Å². The highest BCUT2D eigenvalue weighted by Crippen LogP contribution is 2.12. The fourth-order valence-corrected chi connectivity index (χ4v) is 1.91. The molecule has 0 amide bonds. The molecule has 6 heteroatoms. The van der Waals surface area contributed by atoms with Gasteiger partial charge in [0.25, 0.3) is 0 Å². The predicted molar refractivity (Wildman–Crippen MR) is 98.7 cm³/mol. The first kappa shape index (κ1) is 17.1. The Kier molecular flexibility index (Phi) is 5.96. The molecule has 0 spiro atoms. The Morgan fingerprint density at radius 1 is 1.17 bits per heavy atom. The Morgan fingerprint density at radius 2 is 1.88 bits per heavy atom. The van der Waals surface area contributed by atoms with Crippen molar-refractivity contribution < 1.29 is 5.11 Å². The summed E-state index contributed by atoms with van der Waals surface area (Å²) < 4.78 is 0. The third-order valence-corrected chi connectivity index (χ3v) is 3.13. The maximum Gasteiger partial charge on any atom is 0.158 e. The molecule has 1 heterocycles. The van der Waals surface area contributed by atoms with E-state index in [4.69, 9.17) is 5.11 Å². The molecule has 0 saturated heterocycles. The van der Waals surface area contributed by atoms with Gasteiger partial charge in [-0.15, -0.1) is 0 Å². The van der Waals surface area contributed by atoms with E-state index in [1.165, 1.54) is 6.33 Å². The summed E-state index contributed by atoms with van der Waals surface area (Å²) in [6, 6.07) is 7.69. The van der Waals surface area contributed by atoms with Gasteiger partial charge in [-0.1, -0.05) is 36.9 Å². The number of nitrogens with zero attached hydrogens (tertiary/aromatic N) is 4. The normalized spacial score (nSPS) is 11.6. The van der Waals surface area contributed by atoms with Crippen molar-refractivity contribution in [3.63, 3.8) is 0 Å². The molecule has 1 aromatic carbocycles. The van der Waals surface area contributed by atoms with E-state index in [1.54, 1.807) is 31.6 Å². The van der Waals surface area contributed by atoms with E-state index in [0.29, 0.717) is 5.82 Å². The number of aryl methyl sites for hydroxylation is 1. The Bertz CT molecular complexity index is 792. The number of hydrogen-bond donors (Lipinski definition) is 2. The largest absolute Gasteiger partial charge is 0.509 e. The average molecular weight is 321 g/mol. The molecule has 24 heavy (non-hydrogen) atoms. The van der Waals surface area contributed by atoms with Gasteiger partial charge < -0.3 is 5.11 Å². The SMILES string of the molecule is C=C(O)/C=C/c1ccc(/C=N/Nc2ncnc(C)c2C=NC)cc1. The van der Waals surface area contributed by atoms with Crippen molar-refractivity contribution in [2.24, 2.45) is 10.1 Å². The highest BCUT2D eigenvalue weighted by atomic mass is 16.3.